The summed E-state index contributed by atoms with van der Waals surface area (Å²) in [7, 11) is 3.74. The molecule has 0 bridgehead atoms. The maximum atomic E-state index is 11.0. The minimum Gasteiger partial charge on any atom is -0.475 e. The van der Waals surface area contributed by atoms with E-state index in [1.54, 1.807) is 6.92 Å². The third-order valence-electron chi connectivity index (χ3n) is 2.24. The van der Waals surface area contributed by atoms with Crippen LogP contribution in [0.5, 0.6) is 0 Å². The fraction of sp³-hybridized carbons (Fsp3) is 0.750. The number of rotatable bonds is 1. The molecule has 11 heavy (non-hydrogen) atoms. The predicted octanol–water partition coefficient (Wildman–Crippen LogP) is -0.648. The number of carbonyl (C=O) groups excluding carboxylic acids is 1. The molecule has 0 radical (unpaired) electrons. The molecular formula is C8H16N2O. The summed E-state index contributed by atoms with van der Waals surface area (Å²) < 4.78 is 0. The van der Waals surface area contributed by atoms with Crippen LogP contribution >= 0.6 is 0 Å². The van der Waals surface area contributed by atoms with Gasteiger partial charge in [0.2, 0.25) is 5.91 Å². The number of hydrogen-bond acceptors (Lipinski definition) is 1. The van der Waals surface area contributed by atoms with Crippen molar-refractivity contribution >= 4 is 5.91 Å². The fourth-order valence-electron chi connectivity index (χ4n) is 1.49. The second-order valence-corrected chi connectivity index (χ2v) is 3.10. The SMILES string of the molecule is [CH2-][NH2+][C@@H]1CCCN(C(C)=O)C1. The van der Waals surface area contributed by atoms with E-state index in [1.807, 2.05) is 10.2 Å². The Morgan fingerprint density at radius 3 is 3.00 bits per heavy atom. The van der Waals surface area contributed by atoms with Gasteiger partial charge in [0.25, 0.3) is 0 Å². The molecule has 0 unspecified atom stereocenters. The summed E-state index contributed by atoms with van der Waals surface area (Å²) in [4.78, 5) is 12.9. The van der Waals surface area contributed by atoms with Crippen LogP contribution in [0.4, 0.5) is 0 Å². The molecule has 1 fully saturated rings. The lowest BCUT2D eigenvalue weighted by Gasteiger charge is -2.31. The zero-order valence-corrected chi connectivity index (χ0v) is 7.05. The van der Waals surface area contributed by atoms with Gasteiger partial charge in [-0.2, -0.15) is 7.05 Å². The molecule has 1 rings (SSSR count). The van der Waals surface area contributed by atoms with E-state index in [0.717, 1.165) is 19.5 Å². The molecule has 0 aromatic rings. The number of hydrogen-bond donors (Lipinski definition) is 1. The van der Waals surface area contributed by atoms with Crippen LogP contribution in [-0.4, -0.2) is 29.9 Å². The average Bonchev–Trinajstić information content (AvgIpc) is 2.05. The van der Waals surface area contributed by atoms with E-state index in [-0.39, 0.29) is 5.91 Å². The lowest BCUT2D eigenvalue weighted by molar-refractivity contribution is -0.635. The maximum absolute atomic E-state index is 11.0. The first-order valence-corrected chi connectivity index (χ1v) is 4.12. The molecule has 2 N–H and O–H groups in total. The molecule has 1 amide bonds. The summed E-state index contributed by atoms with van der Waals surface area (Å²) in [6.07, 6.45) is 2.31. The Morgan fingerprint density at radius 1 is 1.73 bits per heavy atom. The van der Waals surface area contributed by atoms with E-state index in [2.05, 4.69) is 7.05 Å². The third-order valence-corrected chi connectivity index (χ3v) is 2.24. The van der Waals surface area contributed by atoms with Gasteiger partial charge in [-0.15, -0.1) is 0 Å². The summed E-state index contributed by atoms with van der Waals surface area (Å²) in [6, 6.07) is 0.521. The predicted molar refractivity (Wildman–Crippen MR) is 42.6 cm³/mol. The number of likely N-dealkylation sites (tertiary alicyclic amines) is 1. The van der Waals surface area contributed by atoms with E-state index in [1.165, 1.54) is 6.42 Å². The summed E-state index contributed by atoms with van der Waals surface area (Å²) in [6.45, 7) is 3.43. The number of carbonyl (C=O) groups is 1. The smallest absolute Gasteiger partial charge is 0.219 e. The Kier molecular flexibility index (Phi) is 2.88. The highest BCUT2D eigenvalue weighted by atomic mass is 16.2. The van der Waals surface area contributed by atoms with Crippen molar-refractivity contribution in [1.29, 1.82) is 0 Å². The normalized spacial score (nSPS) is 25.3. The average molecular weight is 156 g/mol. The highest BCUT2D eigenvalue weighted by Crippen LogP contribution is 2.06. The first-order valence-electron chi connectivity index (χ1n) is 4.12. The van der Waals surface area contributed by atoms with Gasteiger partial charge < -0.3 is 10.2 Å². The molecule has 0 saturated carbocycles. The Morgan fingerprint density at radius 2 is 2.45 bits per heavy atom. The molecule has 1 atom stereocenters. The lowest BCUT2D eigenvalue weighted by Crippen LogP contribution is -2.86. The number of amides is 1. The third kappa shape index (κ3) is 2.19. The van der Waals surface area contributed by atoms with E-state index < -0.39 is 0 Å². The van der Waals surface area contributed by atoms with Crippen molar-refractivity contribution in [2.24, 2.45) is 0 Å². The van der Waals surface area contributed by atoms with E-state index in [9.17, 15) is 4.79 Å². The molecule has 1 aliphatic heterocycles. The highest BCUT2D eigenvalue weighted by molar-refractivity contribution is 5.73. The molecule has 0 aromatic heterocycles. The highest BCUT2D eigenvalue weighted by Gasteiger charge is 2.20. The summed E-state index contributed by atoms with van der Waals surface area (Å²) in [5.41, 5.74) is 0. The fourth-order valence-corrected chi connectivity index (χ4v) is 1.49. The van der Waals surface area contributed by atoms with Crippen molar-refractivity contribution in [2.45, 2.75) is 25.8 Å². The van der Waals surface area contributed by atoms with Crippen LogP contribution in [0.3, 0.4) is 0 Å². The number of nitrogens with two attached hydrogens (primary N) is 1. The van der Waals surface area contributed by atoms with Gasteiger partial charge in [-0.1, -0.05) is 0 Å². The minimum absolute atomic E-state index is 0.191. The molecule has 1 heterocycles. The van der Waals surface area contributed by atoms with Crippen LogP contribution in [0.15, 0.2) is 0 Å². The Hall–Kier alpha value is -0.570. The van der Waals surface area contributed by atoms with Crippen LogP contribution in [0, 0.1) is 7.05 Å². The van der Waals surface area contributed by atoms with Crippen molar-refractivity contribution < 1.29 is 10.1 Å². The Balaban J connectivity index is 2.39. The first kappa shape index (κ1) is 8.53. The number of piperidine rings is 1. The molecule has 0 aliphatic carbocycles. The second kappa shape index (κ2) is 3.72. The summed E-state index contributed by atoms with van der Waals surface area (Å²) >= 11 is 0. The maximum Gasteiger partial charge on any atom is 0.219 e. The van der Waals surface area contributed by atoms with E-state index >= 15 is 0 Å². The monoisotopic (exact) mass is 156 g/mol. The van der Waals surface area contributed by atoms with Gasteiger partial charge in [0, 0.05) is 19.9 Å². The van der Waals surface area contributed by atoms with Crippen molar-refractivity contribution in [2.75, 3.05) is 13.1 Å². The zero-order valence-electron chi connectivity index (χ0n) is 7.05. The second-order valence-electron chi connectivity index (χ2n) is 3.10. The molecule has 0 spiro atoms. The van der Waals surface area contributed by atoms with E-state index in [0.29, 0.717) is 6.04 Å². The minimum atomic E-state index is 0.191. The standard InChI is InChI=1S/C8H16N2O/c1-7(11)10-5-3-4-8(6-10)9-2/h8H,2-6,9H2,1H3/t8-/m1/s1. The summed E-state index contributed by atoms with van der Waals surface area (Å²) in [5, 5.41) is 1.95. The van der Waals surface area contributed by atoms with Crippen LogP contribution in [-0.2, 0) is 4.79 Å². The van der Waals surface area contributed by atoms with Crippen molar-refractivity contribution in [3.63, 3.8) is 0 Å². The van der Waals surface area contributed by atoms with Gasteiger partial charge in [-0.25, -0.2) is 0 Å². The largest absolute Gasteiger partial charge is 0.475 e. The number of nitrogens with zero attached hydrogens (tertiary/aromatic N) is 1. The summed E-state index contributed by atoms with van der Waals surface area (Å²) in [5.74, 6) is 0.191. The molecule has 3 heteroatoms. The lowest BCUT2D eigenvalue weighted by atomic mass is 10.1. The van der Waals surface area contributed by atoms with Crippen molar-refractivity contribution in [3.8, 4) is 0 Å². The molecular weight excluding hydrogens is 140 g/mol. The van der Waals surface area contributed by atoms with Gasteiger partial charge in [-0.05, 0) is 6.42 Å². The Bertz CT molecular complexity index is 147. The van der Waals surface area contributed by atoms with Gasteiger partial charge in [0.1, 0.15) is 0 Å². The van der Waals surface area contributed by atoms with Crippen molar-refractivity contribution in [3.05, 3.63) is 7.05 Å². The van der Waals surface area contributed by atoms with Gasteiger partial charge in [0.05, 0.1) is 12.6 Å². The van der Waals surface area contributed by atoms with Crippen molar-refractivity contribution in [1.82, 2.24) is 4.90 Å². The van der Waals surface area contributed by atoms with Gasteiger partial charge >= 0.3 is 0 Å². The molecule has 0 aromatic carbocycles. The van der Waals surface area contributed by atoms with E-state index in [4.69, 9.17) is 0 Å². The zero-order chi connectivity index (χ0) is 8.27. The topological polar surface area (TPSA) is 36.9 Å². The quantitative estimate of drug-likeness (QED) is 0.503. The molecule has 1 saturated heterocycles. The number of quaternary nitrogens is 1. The van der Waals surface area contributed by atoms with Crippen LogP contribution < -0.4 is 5.32 Å². The van der Waals surface area contributed by atoms with Gasteiger partial charge in [0.15, 0.2) is 0 Å². The molecule has 3 nitrogen and oxygen atoms in total. The Labute approximate surface area is 67.8 Å². The molecule has 64 valence electrons. The van der Waals surface area contributed by atoms with Crippen LogP contribution in [0.2, 0.25) is 0 Å². The molecule has 1 aliphatic rings. The van der Waals surface area contributed by atoms with Gasteiger partial charge in [-0.3, -0.25) is 4.79 Å². The first-order chi connectivity index (χ1) is 5.24. The van der Waals surface area contributed by atoms with Crippen LogP contribution in [0.25, 0.3) is 0 Å². The van der Waals surface area contributed by atoms with Crippen LogP contribution in [0.1, 0.15) is 19.8 Å².